The molecule has 0 aliphatic heterocycles. The summed E-state index contributed by atoms with van der Waals surface area (Å²) in [5, 5.41) is 7.45. The average molecular weight is 341 g/mol. The summed E-state index contributed by atoms with van der Waals surface area (Å²) in [6.45, 7) is 3.38. The molecule has 0 bridgehead atoms. The van der Waals surface area contributed by atoms with Crippen LogP contribution in [0, 0.1) is 12.3 Å². The number of halogens is 1. The minimum absolute atomic E-state index is 0.132. The van der Waals surface area contributed by atoms with Crippen molar-refractivity contribution in [2.24, 2.45) is 0 Å². The van der Waals surface area contributed by atoms with Gasteiger partial charge in [0.15, 0.2) is 0 Å². The zero-order valence-corrected chi connectivity index (χ0v) is 13.8. The van der Waals surface area contributed by atoms with Crippen molar-refractivity contribution in [1.29, 1.82) is 0 Å². The molecule has 0 amide bonds. The summed E-state index contributed by atoms with van der Waals surface area (Å²) < 4.78 is 1.96. The van der Waals surface area contributed by atoms with Crippen LogP contribution < -0.4 is 10.9 Å². The number of aromatic nitrogens is 2. The van der Waals surface area contributed by atoms with Crippen LogP contribution >= 0.6 is 15.9 Å². The molecular weight excluding hydrogens is 320 g/mol. The molecule has 0 spiro atoms. The highest BCUT2D eigenvalue weighted by Gasteiger charge is 2.12. The van der Waals surface area contributed by atoms with Gasteiger partial charge in [0.2, 0.25) is 0 Å². The van der Waals surface area contributed by atoms with Gasteiger partial charge in [0.05, 0.1) is 18.4 Å². The number of hydrogen-bond donors (Lipinski definition) is 1. The van der Waals surface area contributed by atoms with Crippen LogP contribution in [-0.2, 0) is 6.54 Å². The van der Waals surface area contributed by atoms with Crippen LogP contribution in [0.2, 0.25) is 0 Å². The Bertz CT molecular complexity index is 533. The molecule has 1 N–H and O–H groups in total. The SMILES string of the molecule is C#CCC(CC)Nc1cnn(CCN(C)C)c(=O)c1Br. The second kappa shape index (κ2) is 8.08. The van der Waals surface area contributed by atoms with Gasteiger partial charge >= 0.3 is 0 Å². The number of likely N-dealkylation sites (N-methyl/N-ethyl adjacent to an activating group) is 1. The summed E-state index contributed by atoms with van der Waals surface area (Å²) in [5.74, 6) is 2.63. The third-order valence-electron chi connectivity index (χ3n) is 2.96. The molecule has 20 heavy (non-hydrogen) atoms. The molecule has 110 valence electrons. The summed E-state index contributed by atoms with van der Waals surface area (Å²) in [5.41, 5.74) is 0.561. The van der Waals surface area contributed by atoms with Crippen molar-refractivity contribution in [1.82, 2.24) is 14.7 Å². The van der Waals surface area contributed by atoms with Crippen LogP contribution in [0.15, 0.2) is 15.5 Å². The molecule has 1 aromatic rings. The molecule has 0 aromatic carbocycles. The Morgan fingerprint density at radius 3 is 2.85 bits per heavy atom. The maximum atomic E-state index is 12.2. The molecule has 0 aliphatic carbocycles. The van der Waals surface area contributed by atoms with E-state index in [4.69, 9.17) is 6.42 Å². The lowest BCUT2D eigenvalue weighted by Gasteiger charge is -2.17. The van der Waals surface area contributed by atoms with E-state index < -0.39 is 0 Å². The van der Waals surface area contributed by atoms with Crippen molar-refractivity contribution in [3.63, 3.8) is 0 Å². The van der Waals surface area contributed by atoms with Crippen LogP contribution in [0.3, 0.4) is 0 Å². The third-order valence-corrected chi connectivity index (χ3v) is 3.73. The average Bonchev–Trinajstić information content (AvgIpc) is 2.42. The van der Waals surface area contributed by atoms with E-state index >= 15 is 0 Å². The van der Waals surface area contributed by atoms with Crippen molar-refractivity contribution >= 4 is 21.6 Å². The van der Waals surface area contributed by atoms with Crippen molar-refractivity contribution in [2.75, 3.05) is 26.0 Å². The highest BCUT2D eigenvalue weighted by atomic mass is 79.9. The zero-order valence-electron chi connectivity index (χ0n) is 12.2. The van der Waals surface area contributed by atoms with E-state index in [9.17, 15) is 4.79 Å². The summed E-state index contributed by atoms with van der Waals surface area (Å²) in [7, 11) is 3.92. The fourth-order valence-corrected chi connectivity index (χ4v) is 2.10. The molecule has 0 aliphatic rings. The number of terminal acetylenes is 1. The number of rotatable bonds is 7. The fourth-order valence-electron chi connectivity index (χ4n) is 1.68. The van der Waals surface area contributed by atoms with Gasteiger partial charge in [-0.3, -0.25) is 4.79 Å². The van der Waals surface area contributed by atoms with Gasteiger partial charge in [-0.05, 0) is 36.4 Å². The highest BCUT2D eigenvalue weighted by Crippen LogP contribution is 2.18. The monoisotopic (exact) mass is 340 g/mol. The van der Waals surface area contributed by atoms with E-state index in [1.54, 1.807) is 6.20 Å². The number of nitrogens with zero attached hydrogens (tertiary/aromatic N) is 3. The van der Waals surface area contributed by atoms with E-state index in [1.807, 2.05) is 19.0 Å². The quantitative estimate of drug-likeness (QED) is 0.768. The number of anilines is 1. The summed E-state index contributed by atoms with van der Waals surface area (Å²) in [4.78, 5) is 14.2. The first-order valence-electron chi connectivity index (χ1n) is 6.59. The number of hydrogen-bond acceptors (Lipinski definition) is 4. The second-order valence-corrected chi connectivity index (χ2v) is 5.65. The highest BCUT2D eigenvalue weighted by molar-refractivity contribution is 9.10. The van der Waals surface area contributed by atoms with Gasteiger partial charge in [-0.15, -0.1) is 12.3 Å². The maximum absolute atomic E-state index is 12.2. The minimum atomic E-state index is -0.132. The van der Waals surface area contributed by atoms with Crippen molar-refractivity contribution < 1.29 is 0 Å². The Hall–Kier alpha value is -1.32. The summed E-state index contributed by atoms with van der Waals surface area (Å²) in [6, 6.07) is 0.148. The van der Waals surface area contributed by atoms with Gasteiger partial charge in [0.1, 0.15) is 4.47 Å². The van der Waals surface area contributed by atoms with Crippen molar-refractivity contribution in [3.8, 4) is 12.3 Å². The Morgan fingerprint density at radius 2 is 2.30 bits per heavy atom. The first-order chi connectivity index (χ1) is 9.49. The van der Waals surface area contributed by atoms with Crippen LogP contribution in [0.4, 0.5) is 5.69 Å². The summed E-state index contributed by atoms with van der Waals surface area (Å²) >= 11 is 3.35. The molecule has 1 rings (SSSR count). The second-order valence-electron chi connectivity index (χ2n) is 4.86. The van der Waals surface area contributed by atoms with E-state index in [1.165, 1.54) is 4.68 Å². The van der Waals surface area contributed by atoms with E-state index in [0.29, 0.717) is 23.1 Å². The molecule has 0 fully saturated rings. The van der Waals surface area contributed by atoms with Crippen LogP contribution in [-0.4, -0.2) is 41.4 Å². The van der Waals surface area contributed by atoms with E-state index in [2.05, 4.69) is 39.2 Å². The van der Waals surface area contributed by atoms with Gasteiger partial charge in [-0.25, -0.2) is 4.68 Å². The topological polar surface area (TPSA) is 50.2 Å². The molecule has 0 saturated carbocycles. The Balaban J connectivity index is 2.89. The van der Waals surface area contributed by atoms with Gasteiger partial charge in [-0.2, -0.15) is 5.10 Å². The van der Waals surface area contributed by atoms with Crippen molar-refractivity contribution in [3.05, 3.63) is 21.0 Å². The molecule has 5 nitrogen and oxygen atoms in total. The Morgan fingerprint density at radius 1 is 1.60 bits per heavy atom. The predicted octanol–water partition coefficient (Wildman–Crippen LogP) is 1.78. The normalized spacial score (nSPS) is 12.2. The van der Waals surface area contributed by atoms with Gasteiger partial charge in [-0.1, -0.05) is 6.92 Å². The van der Waals surface area contributed by atoms with Crippen molar-refractivity contribution in [2.45, 2.75) is 32.4 Å². The van der Waals surface area contributed by atoms with Gasteiger partial charge in [0, 0.05) is 19.0 Å². The van der Waals surface area contributed by atoms with Crippen LogP contribution in [0.1, 0.15) is 19.8 Å². The predicted molar refractivity (Wildman–Crippen MR) is 85.9 cm³/mol. The standard InChI is InChI=1S/C14H21BrN4O/c1-5-7-11(6-2)17-12-10-16-19(9-8-18(3)4)14(20)13(12)15/h1,10-11,17H,6-9H2,2-4H3. The zero-order chi connectivity index (χ0) is 15.1. The third kappa shape index (κ3) is 4.66. The maximum Gasteiger partial charge on any atom is 0.283 e. The largest absolute Gasteiger partial charge is 0.379 e. The first-order valence-corrected chi connectivity index (χ1v) is 7.39. The van der Waals surface area contributed by atoms with Gasteiger partial charge < -0.3 is 10.2 Å². The smallest absolute Gasteiger partial charge is 0.283 e. The lowest BCUT2D eigenvalue weighted by atomic mass is 10.1. The molecule has 0 radical (unpaired) electrons. The molecule has 1 heterocycles. The molecule has 0 saturated heterocycles. The molecule has 1 aromatic heterocycles. The minimum Gasteiger partial charge on any atom is -0.379 e. The lowest BCUT2D eigenvalue weighted by molar-refractivity contribution is 0.367. The Labute approximate surface area is 128 Å². The molecule has 1 atom stereocenters. The van der Waals surface area contributed by atoms with Crippen LogP contribution in [0.5, 0.6) is 0 Å². The van der Waals surface area contributed by atoms with E-state index in [-0.39, 0.29) is 11.6 Å². The summed E-state index contributed by atoms with van der Waals surface area (Å²) in [6.07, 6.45) is 8.50. The first kappa shape index (κ1) is 16.7. The molecular formula is C14H21BrN4O. The molecule has 1 unspecified atom stereocenters. The lowest BCUT2D eigenvalue weighted by Crippen LogP contribution is -2.30. The Kier molecular flexibility index (Phi) is 6.76. The fraction of sp³-hybridized carbons (Fsp3) is 0.571. The molecule has 6 heteroatoms. The number of nitrogens with one attached hydrogen (secondary N) is 1. The van der Waals surface area contributed by atoms with Crippen LogP contribution in [0.25, 0.3) is 0 Å². The van der Waals surface area contributed by atoms with E-state index in [0.717, 1.165) is 13.0 Å². The van der Waals surface area contributed by atoms with Gasteiger partial charge in [0.25, 0.3) is 5.56 Å².